The summed E-state index contributed by atoms with van der Waals surface area (Å²) < 4.78 is 30.4. The molecule has 0 saturated carbocycles. The van der Waals surface area contributed by atoms with Crippen LogP contribution in [-0.4, -0.2) is 35.2 Å². The van der Waals surface area contributed by atoms with Gasteiger partial charge in [0.25, 0.3) is 0 Å². The maximum Gasteiger partial charge on any atom is 0.242 e. The van der Waals surface area contributed by atoms with Gasteiger partial charge in [-0.2, -0.15) is 0 Å². The number of aromatic nitrogens is 6. The molecule has 4 N–H and O–H groups in total. The molecule has 5 heterocycles. The summed E-state index contributed by atoms with van der Waals surface area (Å²) >= 11 is 5.85. The number of nitrogens with zero attached hydrogens (tertiary/aromatic N) is 5. The quantitative estimate of drug-likeness (QED) is 0.321. The first kappa shape index (κ1) is 23.7. The highest BCUT2D eigenvalue weighted by Crippen LogP contribution is 2.44. The van der Waals surface area contributed by atoms with Gasteiger partial charge in [-0.15, -0.1) is 0 Å². The lowest BCUT2D eigenvalue weighted by atomic mass is 9.81. The van der Waals surface area contributed by atoms with E-state index in [1.54, 1.807) is 23.7 Å². The number of H-pyrrole nitrogens is 1. The topological polar surface area (TPSA) is 144 Å². The van der Waals surface area contributed by atoms with E-state index in [2.05, 4.69) is 30.2 Å². The van der Waals surface area contributed by atoms with Crippen LogP contribution in [0.25, 0.3) is 17.2 Å². The zero-order valence-electron chi connectivity index (χ0n) is 19.6. The number of halogens is 3. The molecule has 1 aliphatic rings. The van der Waals surface area contributed by atoms with Crippen molar-refractivity contribution in [1.29, 1.82) is 0 Å². The normalized spacial score (nSPS) is 16.6. The van der Waals surface area contributed by atoms with Crippen LogP contribution in [0.1, 0.15) is 29.4 Å². The van der Waals surface area contributed by atoms with E-state index >= 15 is 0 Å². The van der Waals surface area contributed by atoms with Crippen LogP contribution in [0.5, 0.6) is 0 Å². The van der Waals surface area contributed by atoms with E-state index in [4.69, 9.17) is 17.3 Å². The number of fused-ring (bicyclic) bond motifs is 2. The number of pyridine rings is 1. The minimum atomic E-state index is -1.39. The molecular weight excluding hydrogens is 518 g/mol. The van der Waals surface area contributed by atoms with E-state index in [0.29, 0.717) is 5.65 Å². The monoisotopic (exact) mass is 534 g/mol. The Balaban J connectivity index is 1.48. The fourth-order valence-corrected chi connectivity index (χ4v) is 4.72. The Morgan fingerprint density at radius 1 is 1.16 bits per heavy atom. The van der Waals surface area contributed by atoms with Gasteiger partial charge in [0.2, 0.25) is 5.91 Å². The van der Waals surface area contributed by atoms with E-state index in [1.165, 1.54) is 36.7 Å². The number of nitrogens with one attached hydrogen (secondary N) is 2. The van der Waals surface area contributed by atoms with E-state index in [1.807, 2.05) is 0 Å². The van der Waals surface area contributed by atoms with Gasteiger partial charge in [0.05, 0.1) is 11.3 Å². The molecule has 0 radical (unpaired) electrons. The predicted molar refractivity (Wildman–Crippen MR) is 135 cm³/mol. The van der Waals surface area contributed by atoms with Gasteiger partial charge >= 0.3 is 0 Å². The highest BCUT2D eigenvalue weighted by molar-refractivity contribution is 6.30. The molecule has 0 fully saturated rings. The van der Waals surface area contributed by atoms with Gasteiger partial charge in [-0.05, 0) is 19.1 Å². The minimum absolute atomic E-state index is 0.0177. The molecular formula is C25H17ClF2N8O2. The molecule has 190 valence electrons. The van der Waals surface area contributed by atoms with Gasteiger partial charge in [0.15, 0.2) is 16.9 Å². The van der Waals surface area contributed by atoms with Crippen molar-refractivity contribution in [2.45, 2.75) is 18.8 Å². The van der Waals surface area contributed by atoms with Gasteiger partial charge in [-0.3, -0.25) is 9.59 Å². The number of carbonyl (C=O) groups is 1. The third-order valence-corrected chi connectivity index (χ3v) is 6.90. The Labute approximate surface area is 217 Å². The lowest BCUT2D eigenvalue weighted by Crippen LogP contribution is -2.34. The number of hydrogen-bond acceptors (Lipinski definition) is 7. The second-order valence-corrected chi connectivity index (χ2v) is 9.31. The van der Waals surface area contributed by atoms with Crippen molar-refractivity contribution in [3.63, 3.8) is 0 Å². The lowest BCUT2D eigenvalue weighted by Gasteiger charge is -2.22. The summed E-state index contributed by atoms with van der Waals surface area (Å²) in [4.78, 5) is 45.8. The molecule has 0 saturated heterocycles. The highest BCUT2D eigenvalue weighted by atomic mass is 35.5. The molecule has 4 aromatic heterocycles. The standard InChI is InChI=1S/C25H17ClF2N8O2/c1-25(18-8-17(37)12(26)9-31-18)19-20(29)33-21(34-22(19)35-24(25)38)16-10-36-6-5-30-23(36)15(32-16)7-11-13(27)3-2-4-14(11)28/h2-6,8-10H,7H2,1H3,(H,31,37)(H3,29,33,34,35,38). The first-order valence-corrected chi connectivity index (χ1v) is 11.7. The first-order chi connectivity index (χ1) is 18.2. The van der Waals surface area contributed by atoms with Crippen molar-refractivity contribution in [3.05, 3.63) is 98.4 Å². The summed E-state index contributed by atoms with van der Waals surface area (Å²) in [5.41, 5.74) is 5.79. The van der Waals surface area contributed by atoms with Gasteiger partial charge in [-0.1, -0.05) is 17.7 Å². The Morgan fingerprint density at radius 3 is 2.66 bits per heavy atom. The third-order valence-electron chi connectivity index (χ3n) is 6.61. The molecule has 10 nitrogen and oxygen atoms in total. The van der Waals surface area contributed by atoms with E-state index < -0.39 is 28.4 Å². The summed E-state index contributed by atoms with van der Waals surface area (Å²) in [6.45, 7) is 1.59. The van der Waals surface area contributed by atoms with Gasteiger partial charge in [-0.25, -0.2) is 28.7 Å². The van der Waals surface area contributed by atoms with Gasteiger partial charge in [0, 0.05) is 48.5 Å². The maximum absolute atomic E-state index is 14.4. The van der Waals surface area contributed by atoms with E-state index in [0.717, 1.165) is 0 Å². The van der Waals surface area contributed by atoms with Crippen LogP contribution >= 0.6 is 11.6 Å². The number of aromatic amines is 1. The Morgan fingerprint density at radius 2 is 1.92 bits per heavy atom. The van der Waals surface area contributed by atoms with Crippen LogP contribution in [0.3, 0.4) is 0 Å². The summed E-state index contributed by atoms with van der Waals surface area (Å²) in [6.07, 6.45) is 5.89. The number of nitrogen functional groups attached to an aromatic ring is 1. The average molecular weight is 535 g/mol. The zero-order valence-corrected chi connectivity index (χ0v) is 20.3. The maximum atomic E-state index is 14.4. The summed E-state index contributed by atoms with van der Waals surface area (Å²) in [7, 11) is 0. The molecule has 1 aromatic carbocycles. The van der Waals surface area contributed by atoms with Crippen LogP contribution < -0.4 is 16.5 Å². The molecule has 1 unspecified atom stereocenters. The molecule has 0 aliphatic carbocycles. The van der Waals surface area contributed by atoms with Crippen LogP contribution in [0, 0.1) is 11.6 Å². The van der Waals surface area contributed by atoms with Crippen molar-refractivity contribution in [1.82, 2.24) is 29.3 Å². The fourth-order valence-electron chi connectivity index (χ4n) is 4.61. The van der Waals surface area contributed by atoms with E-state index in [9.17, 15) is 18.4 Å². The summed E-state index contributed by atoms with van der Waals surface area (Å²) in [6, 6.07) is 4.85. The number of benzene rings is 1. The zero-order chi connectivity index (χ0) is 26.8. The molecule has 13 heteroatoms. The summed E-state index contributed by atoms with van der Waals surface area (Å²) in [5.74, 6) is -1.69. The Kier molecular flexibility index (Phi) is 5.24. The minimum Gasteiger partial charge on any atom is -0.383 e. The van der Waals surface area contributed by atoms with Crippen LogP contribution in [0.4, 0.5) is 20.4 Å². The predicted octanol–water partition coefficient (Wildman–Crippen LogP) is 3.24. The number of rotatable bonds is 4. The average Bonchev–Trinajstić information content (AvgIpc) is 3.46. The molecule has 6 rings (SSSR count). The smallest absolute Gasteiger partial charge is 0.242 e. The van der Waals surface area contributed by atoms with Gasteiger partial charge in [0.1, 0.15) is 39.4 Å². The molecule has 38 heavy (non-hydrogen) atoms. The molecule has 5 aromatic rings. The van der Waals surface area contributed by atoms with Crippen molar-refractivity contribution in [3.8, 4) is 11.5 Å². The van der Waals surface area contributed by atoms with Crippen molar-refractivity contribution in [2.24, 2.45) is 0 Å². The van der Waals surface area contributed by atoms with Crippen molar-refractivity contribution >= 4 is 34.8 Å². The second kappa shape index (κ2) is 8.42. The van der Waals surface area contributed by atoms with Crippen LogP contribution in [-0.2, 0) is 16.6 Å². The molecule has 0 bridgehead atoms. The first-order valence-electron chi connectivity index (χ1n) is 11.3. The molecule has 0 spiro atoms. The Hall–Kier alpha value is -4.71. The Bertz CT molecular complexity index is 1830. The largest absolute Gasteiger partial charge is 0.383 e. The lowest BCUT2D eigenvalue weighted by molar-refractivity contribution is -0.119. The summed E-state index contributed by atoms with van der Waals surface area (Å²) in [5, 5.41) is 2.68. The number of imidazole rings is 1. The number of amides is 1. The van der Waals surface area contributed by atoms with Crippen LogP contribution in [0.2, 0.25) is 5.02 Å². The number of carbonyl (C=O) groups excluding carboxylic acids is 1. The molecule has 1 atom stereocenters. The number of anilines is 2. The van der Waals surface area contributed by atoms with Crippen molar-refractivity contribution < 1.29 is 13.6 Å². The van der Waals surface area contributed by atoms with E-state index in [-0.39, 0.29) is 57.1 Å². The second-order valence-electron chi connectivity index (χ2n) is 8.90. The SMILES string of the molecule is CC1(c2cc(=O)c(Cl)c[nH]2)C(=O)Nc2nc(-c3cn4ccnc4c(Cc4c(F)cccc4F)n3)nc(N)c21. The fraction of sp³-hybridized carbons (Fsp3) is 0.120. The van der Waals surface area contributed by atoms with Crippen LogP contribution in [0.15, 0.2) is 53.8 Å². The number of nitrogens with two attached hydrogens (primary N) is 1. The third kappa shape index (κ3) is 3.52. The molecule has 1 amide bonds. The number of hydrogen-bond donors (Lipinski definition) is 3. The molecule has 1 aliphatic heterocycles. The van der Waals surface area contributed by atoms with Gasteiger partial charge < -0.3 is 20.4 Å². The highest BCUT2D eigenvalue weighted by Gasteiger charge is 2.48. The van der Waals surface area contributed by atoms with Crippen molar-refractivity contribution in [2.75, 3.05) is 11.1 Å².